The molecule has 0 heterocycles. The molecule has 0 radical (unpaired) electrons. The first-order chi connectivity index (χ1) is 16.4. The molecule has 0 unspecified atom stereocenters. The van der Waals surface area contributed by atoms with Crippen LogP contribution in [0.4, 0.5) is 0 Å². The van der Waals surface area contributed by atoms with Gasteiger partial charge in [-0.05, 0) is 104 Å². The van der Waals surface area contributed by atoms with Gasteiger partial charge >= 0.3 is 5.97 Å². The molecule has 1 N–H and O–H groups in total. The Morgan fingerprint density at radius 2 is 1.58 bits per heavy atom. The van der Waals surface area contributed by atoms with Gasteiger partial charge in [-0.15, -0.1) is 0 Å². The zero-order valence-corrected chi connectivity index (χ0v) is 24.0. The third-order valence-corrected chi connectivity index (χ3v) is 11.8. The van der Waals surface area contributed by atoms with Crippen molar-refractivity contribution in [3.8, 4) is 0 Å². The molecule has 202 valence electrons. The van der Waals surface area contributed by atoms with E-state index in [1.165, 1.54) is 7.11 Å². The molecule has 0 spiro atoms. The van der Waals surface area contributed by atoms with E-state index in [9.17, 15) is 19.5 Å². The fraction of sp³-hybridized carbons (Fsp3) is 0.839. The quantitative estimate of drug-likeness (QED) is 0.376. The molecule has 0 aliphatic heterocycles. The fourth-order valence-electron chi connectivity index (χ4n) is 9.32. The summed E-state index contributed by atoms with van der Waals surface area (Å²) >= 11 is 0. The van der Waals surface area contributed by atoms with E-state index in [1.807, 2.05) is 13.0 Å². The molecule has 0 amide bonds. The Hall–Kier alpha value is -1.49. The number of ketones is 2. The number of rotatable bonds is 3. The van der Waals surface area contributed by atoms with Crippen LogP contribution in [0.3, 0.4) is 0 Å². The van der Waals surface area contributed by atoms with Crippen molar-refractivity contribution in [2.75, 3.05) is 7.11 Å². The lowest BCUT2D eigenvalue weighted by molar-refractivity contribution is -0.167. The Kier molecular flexibility index (Phi) is 6.31. The van der Waals surface area contributed by atoms with Gasteiger partial charge in [0, 0.05) is 5.41 Å². The third-order valence-electron chi connectivity index (χ3n) is 11.8. The lowest BCUT2D eigenvalue weighted by atomic mass is 9.39. The zero-order valence-electron chi connectivity index (χ0n) is 24.0. The van der Waals surface area contributed by atoms with Crippen LogP contribution in [0.2, 0.25) is 0 Å². The number of esters is 1. The Bertz CT molecular complexity index is 1010. The predicted octanol–water partition coefficient (Wildman–Crippen LogP) is 6.07. The molecule has 5 nitrogen and oxygen atoms in total. The van der Waals surface area contributed by atoms with E-state index in [4.69, 9.17) is 4.74 Å². The highest BCUT2D eigenvalue weighted by atomic mass is 16.5. The highest BCUT2D eigenvalue weighted by molar-refractivity contribution is 6.17. The Labute approximate surface area is 217 Å². The molecule has 3 fully saturated rings. The van der Waals surface area contributed by atoms with Crippen molar-refractivity contribution in [3.05, 3.63) is 11.6 Å². The molecule has 0 bridgehead atoms. The summed E-state index contributed by atoms with van der Waals surface area (Å²) in [4.78, 5) is 41.5. The number of methoxy groups -OCH3 is 1. The smallest absolute Gasteiger partial charge is 0.306 e. The van der Waals surface area contributed by atoms with Crippen LogP contribution in [-0.2, 0) is 19.1 Å². The largest absolute Gasteiger partial charge is 0.469 e. The monoisotopic (exact) mass is 500 g/mol. The number of aliphatic hydroxyl groups is 1. The standard InChI is InChI=1S/C31H48O5/c1-26(2)14-15-28(5,18-24(34)36-9)21(17-26)31(8)23(33)16-20-29(6)13-11-22(32)27(3,4)19(29)10-12-30(20,7)25(31)35/h16,19,21-22,32H,10-15,17-18H2,1-9H3/t19-,21-,22-,28-,29-,30-,31+/m0/s1. The molecule has 4 aliphatic rings. The number of aliphatic hydroxyl groups excluding tert-OH is 1. The topological polar surface area (TPSA) is 80.7 Å². The molecule has 0 aromatic heterocycles. The number of hydrogen-bond donors (Lipinski definition) is 1. The van der Waals surface area contributed by atoms with Crippen molar-refractivity contribution in [1.82, 2.24) is 0 Å². The normalized spacial score (nSPS) is 45.8. The van der Waals surface area contributed by atoms with Gasteiger partial charge in [-0.3, -0.25) is 14.4 Å². The van der Waals surface area contributed by atoms with Gasteiger partial charge in [0.15, 0.2) is 11.6 Å². The lowest BCUT2D eigenvalue weighted by Gasteiger charge is -2.63. The van der Waals surface area contributed by atoms with Crippen LogP contribution in [0.1, 0.15) is 107 Å². The molecular weight excluding hydrogens is 452 g/mol. The van der Waals surface area contributed by atoms with Crippen molar-refractivity contribution >= 4 is 17.5 Å². The maximum Gasteiger partial charge on any atom is 0.306 e. The minimum atomic E-state index is -1.17. The number of fused-ring (bicyclic) bond motifs is 3. The molecule has 4 rings (SSSR count). The molecule has 5 heteroatoms. The second-order valence-electron chi connectivity index (χ2n) is 15.0. The summed E-state index contributed by atoms with van der Waals surface area (Å²) in [6.07, 6.45) is 7.19. The SMILES string of the molecule is COC(=O)C[C@]1(C)CCC(C)(C)C[C@@H]1[C@]1(C)C(=O)C=C2[C@](C)(CC[C@H]3C(C)(C)[C@@H](O)CC[C@]23C)C1=O. The molecule has 4 aliphatic carbocycles. The van der Waals surface area contributed by atoms with E-state index in [-0.39, 0.29) is 58.1 Å². The zero-order chi connectivity index (χ0) is 27.1. The van der Waals surface area contributed by atoms with E-state index in [1.54, 1.807) is 0 Å². The molecule has 7 atom stereocenters. The molecular formula is C31H48O5. The molecule has 36 heavy (non-hydrogen) atoms. The van der Waals surface area contributed by atoms with Gasteiger partial charge in [-0.2, -0.15) is 0 Å². The maximum atomic E-state index is 14.8. The van der Waals surface area contributed by atoms with Crippen molar-refractivity contribution in [1.29, 1.82) is 0 Å². The van der Waals surface area contributed by atoms with Crippen molar-refractivity contribution in [2.45, 2.75) is 113 Å². The van der Waals surface area contributed by atoms with Crippen LogP contribution in [0.5, 0.6) is 0 Å². The van der Waals surface area contributed by atoms with Gasteiger partial charge in [0.2, 0.25) is 0 Å². The lowest BCUT2D eigenvalue weighted by Crippen LogP contribution is -2.63. The number of carbonyl (C=O) groups is 3. The number of allylic oxidation sites excluding steroid dienone is 2. The first-order valence-corrected chi connectivity index (χ1v) is 14.0. The van der Waals surface area contributed by atoms with Gasteiger partial charge < -0.3 is 9.84 Å². The second-order valence-corrected chi connectivity index (χ2v) is 15.0. The van der Waals surface area contributed by atoms with Crippen molar-refractivity contribution in [3.63, 3.8) is 0 Å². The first-order valence-electron chi connectivity index (χ1n) is 14.0. The number of carbonyl (C=O) groups excluding carboxylic acids is 3. The van der Waals surface area contributed by atoms with Crippen LogP contribution in [-0.4, -0.2) is 35.9 Å². The molecule has 0 aromatic rings. The summed E-state index contributed by atoms with van der Waals surface area (Å²) in [5.74, 6) is -0.349. The Morgan fingerprint density at radius 1 is 0.944 bits per heavy atom. The van der Waals surface area contributed by atoms with Crippen LogP contribution in [0.15, 0.2) is 11.6 Å². The van der Waals surface area contributed by atoms with Gasteiger partial charge in [-0.1, -0.05) is 41.5 Å². The predicted molar refractivity (Wildman–Crippen MR) is 140 cm³/mol. The van der Waals surface area contributed by atoms with Gasteiger partial charge in [0.1, 0.15) is 0 Å². The van der Waals surface area contributed by atoms with Crippen LogP contribution >= 0.6 is 0 Å². The summed E-state index contributed by atoms with van der Waals surface area (Å²) in [7, 11) is 1.41. The summed E-state index contributed by atoms with van der Waals surface area (Å²) < 4.78 is 5.06. The Morgan fingerprint density at radius 3 is 2.19 bits per heavy atom. The average Bonchev–Trinajstić information content (AvgIpc) is 2.79. The molecule has 3 saturated carbocycles. The summed E-state index contributed by atoms with van der Waals surface area (Å²) in [5, 5.41) is 10.8. The van der Waals surface area contributed by atoms with Crippen molar-refractivity contribution < 1.29 is 24.2 Å². The Balaban J connectivity index is 1.84. The number of hydrogen-bond acceptors (Lipinski definition) is 5. The number of ether oxygens (including phenoxy) is 1. The van der Waals surface area contributed by atoms with Gasteiger partial charge in [0.05, 0.1) is 25.0 Å². The van der Waals surface area contributed by atoms with Crippen LogP contribution in [0.25, 0.3) is 0 Å². The van der Waals surface area contributed by atoms with E-state index in [2.05, 4.69) is 48.5 Å². The minimum Gasteiger partial charge on any atom is -0.469 e. The highest BCUT2D eigenvalue weighted by Crippen LogP contribution is 2.68. The summed E-state index contributed by atoms with van der Waals surface area (Å²) in [6.45, 7) is 17.0. The van der Waals surface area contributed by atoms with Gasteiger partial charge in [-0.25, -0.2) is 0 Å². The van der Waals surface area contributed by atoms with Crippen LogP contribution < -0.4 is 0 Å². The van der Waals surface area contributed by atoms with Gasteiger partial charge in [0.25, 0.3) is 0 Å². The maximum absolute atomic E-state index is 14.8. The highest BCUT2D eigenvalue weighted by Gasteiger charge is 2.67. The summed E-state index contributed by atoms with van der Waals surface area (Å²) in [6, 6.07) is 0. The van der Waals surface area contributed by atoms with E-state index in [0.717, 1.165) is 37.7 Å². The number of Topliss-reactive ketones (excluding diaryl/α,β-unsaturated/α-hetero) is 1. The molecule has 0 aromatic carbocycles. The minimum absolute atomic E-state index is 0.0120. The van der Waals surface area contributed by atoms with E-state index < -0.39 is 16.2 Å². The molecule has 0 saturated heterocycles. The average molecular weight is 501 g/mol. The third kappa shape index (κ3) is 3.69. The van der Waals surface area contributed by atoms with Crippen molar-refractivity contribution in [2.24, 2.45) is 44.3 Å². The van der Waals surface area contributed by atoms with E-state index >= 15 is 0 Å². The van der Waals surface area contributed by atoms with E-state index in [0.29, 0.717) is 12.8 Å². The first kappa shape index (κ1) is 27.5. The fourth-order valence-corrected chi connectivity index (χ4v) is 9.32. The van der Waals surface area contributed by atoms with Crippen LogP contribution in [0, 0.1) is 44.3 Å². The second kappa shape index (κ2) is 8.25. The summed E-state index contributed by atoms with van der Waals surface area (Å²) in [5.41, 5.74) is -1.95.